The average molecular weight is 411 g/mol. The molecule has 2 N–H and O–H groups in total. The maximum Gasteiger partial charge on any atom is 0.244 e. The molecular weight excluding hydrogens is 399 g/mol. The van der Waals surface area contributed by atoms with Crippen LogP contribution in [0.25, 0.3) is 11.3 Å². The van der Waals surface area contributed by atoms with Crippen LogP contribution in [0.2, 0.25) is 0 Å². The van der Waals surface area contributed by atoms with Crippen LogP contribution in [0.1, 0.15) is 17.0 Å². The highest BCUT2D eigenvalue weighted by Crippen LogP contribution is 2.45. The minimum Gasteiger partial charge on any atom is -0.422 e. The van der Waals surface area contributed by atoms with Crippen molar-refractivity contribution in [3.63, 3.8) is 0 Å². The van der Waals surface area contributed by atoms with Crippen molar-refractivity contribution in [3.8, 4) is 23.2 Å². The van der Waals surface area contributed by atoms with Gasteiger partial charge in [-0.05, 0) is 39.2 Å². The highest BCUT2D eigenvalue weighted by Gasteiger charge is 2.40. The molecule has 0 saturated carbocycles. The van der Waals surface area contributed by atoms with Crippen molar-refractivity contribution >= 4 is 21.8 Å². The lowest BCUT2D eigenvalue weighted by atomic mass is 9.79. The maximum atomic E-state index is 14.1. The van der Waals surface area contributed by atoms with E-state index in [1.807, 2.05) is 30.3 Å². The molecule has 0 aliphatic carbocycles. The van der Waals surface area contributed by atoms with Crippen molar-refractivity contribution in [2.24, 2.45) is 5.92 Å². The van der Waals surface area contributed by atoms with Gasteiger partial charge in [-0.25, -0.2) is 4.39 Å². The number of hydrogen-bond donors (Lipinski definition) is 2. The molecule has 1 aliphatic heterocycles. The lowest BCUT2D eigenvalue weighted by Crippen LogP contribution is -2.31. The molecule has 2 unspecified atom stereocenters. The fourth-order valence-electron chi connectivity index (χ4n) is 3.21. The predicted molar refractivity (Wildman–Crippen MR) is 97.4 cm³/mol. The maximum absolute atomic E-state index is 14.1. The molecule has 1 aromatic heterocycles. The Morgan fingerprint density at radius 2 is 2.00 bits per heavy atom. The van der Waals surface area contributed by atoms with Gasteiger partial charge in [0.05, 0.1) is 21.8 Å². The summed E-state index contributed by atoms with van der Waals surface area (Å²) in [6.45, 7) is 0. The van der Waals surface area contributed by atoms with Gasteiger partial charge in [0.25, 0.3) is 0 Å². The fraction of sp³-hybridized carbons (Fsp3) is 0.105. The summed E-state index contributed by atoms with van der Waals surface area (Å²) in [7, 11) is 0. The zero-order valence-corrected chi connectivity index (χ0v) is 14.9. The zero-order valence-electron chi connectivity index (χ0n) is 13.3. The number of rotatable bonds is 2. The summed E-state index contributed by atoms with van der Waals surface area (Å²) >= 11 is 3.15. The largest absolute Gasteiger partial charge is 0.422 e. The molecule has 0 spiro atoms. The third-order valence-corrected chi connectivity index (χ3v) is 5.05. The fourth-order valence-corrected chi connectivity index (χ4v) is 3.46. The lowest BCUT2D eigenvalue weighted by molar-refractivity contribution is 0.436. The van der Waals surface area contributed by atoms with Crippen LogP contribution in [0.4, 0.5) is 4.39 Å². The number of aromatic amines is 1. The summed E-state index contributed by atoms with van der Waals surface area (Å²) < 4.78 is 19.9. The minimum atomic E-state index is -0.872. The molecule has 2 atom stereocenters. The van der Waals surface area contributed by atoms with E-state index in [1.165, 1.54) is 6.07 Å². The molecule has 0 saturated heterocycles. The van der Waals surface area contributed by atoms with Crippen LogP contribution in [0.15, 0.2) is 53.0 Å². The van der Waals surface area contributed by atoms with Crippen LogP contribution < -0.4 is 4.74 Å². The van der Waals surface area contributed by atoms with Gasteiger partial charge in [0.1, 0.15) is 11.7 Å². The van der Waals surface area contributed by atoms with Gasteiger partial charge in [0.2, 0.25) is 11.8 Å². The van der Waals surface area contributed by atoms with E-state index in [0.29, 0.717) is 21.3 Å². The monoisotopic (exact) mass is 410 g/mol. The van der Waals surface area contributed by atoms with Crippen LogP contribution in [-0.4, -0.2) is 16.1 Å². The van der Waals surface area contributed by atoms with Gasteiger partial charge >= 0.3 is 0 Å². The minimum absolute atomic E-state index is 0.195. The lowest BCUT2D eigenvalue weighted by Gasteiger charge is -2.28. The highest BCUT2D eigenvalue weighted by atomic mass is 79.9. The van der Waals surface area contributed by atoms with E-state index in [0.717, 1.165) is 5.56 Å². The number of aromatic nitrogens is 2. The first kappa shape index (κ1) is 16.5. The number of nitriles is 1. The van der Waals surface area contributed by atoms with Gasteiger partial charge in [-0.3, -0.25) is 10.5 Å². The first-order valence-corrected chi connectivity index (χ1v) is 8.64. The average Bonchev–Trinajstić information content (AvgIpc) is 3.07. The molecule has 2 aromatic carbocycles. The summed E-state index contributed by atoms with van der Waals surface area (Å²) in [5.41, 5.74) is 2.81. The van der Waals surface area contributed by atoms with Crippen LogP contribution >= 0.6 is 15.9 Å². The molecule has 0 bridgehead atoms. The van der Waals surface area contributed by atoms with E-state index in [-0.39, 0.29) is 11.8 Å². The van der Waals surface area contributed by atoms with Crippen molar-refractivity contribution < 1.29 is 9.13 Å². The number of ether oxygens (including phenoxy) is 1. The van der Waals surface area contributed by atoms with E-state index in [2.05, 4.69) is 32.2 Å². The molecule has 0 fully saturated rings. The number of hydrogen-bond acceptors (Lipinski definition) is 4. The zero-order chi connectivity index (χ0) is 18.3. The summed E-state index contributed by atoms with van der Waals surface area (Å²) in [6, 6.07) is 16.3. The molecule has 5 nitrogen and oxygen atoms in total. The first-order chi connectivity index (χ1) is 12.6. The number of benzene rings is 2. The number of nitrogens with one attached hydrogen (secondary N) is 2. The molecule has 7 heteroatoms. The number of fused-ring (bicyclic) bond motifs is 1. The summed E-state index contributed by atoms with van der Waals surface area (Å²) in [4.78, 5) is 0. The molecular formula is C19H12BrFN4O. The third kappa shape index (κ3) is 2.59. The van der Waals surface area contributed by atoms with E-state index >= 15 is 0 Å². The Morgan fingerprint density at radius 1 is 1.23 bits per heavy atom. The summed E-state index contributed by atoms with van der Waals surface area (Å²) in [5, 5.41) is 24.8. The smallest absolute Gasteiger partial charge is 0.244 e. The Kier molecular flexibility index (Phi) is 4.05. The predicted octanol–water partition coefficient (Wildman–Crippen LogP) is 4.62. The van der Waals surface area contributed by atoms with E-state index in [1.54, 1.807) is 12.1 Å². The number of halogens is 2. The standard InChI is InChI=1S/C19H12BrFN4O/c20-13-7-6-11(8-14(13)21)15-12(9-22)18(23)26-19-16(15)17(24-25-19)10-4-2-1-3-5-10/h1-8,12,15,23H,(H,24,25). The van der Waals surface area contributed by atoms with Crippen LogP contribution in [0, 0.1) is 28.5 Å². The Morgan fingerprint density at radius 3 is 2.69 bits per heavy atom. The van der Waals surface area contributed by atoms with Crippen LogP contribution in [-0.2, 0) is 0 Å². The molecule has 26 heavy (non-hydrogen) atoms. The second-order valence-corrected chi connectivity index (χ2v) is 6.76. The topological polar surface area (TPSA) is 85.6 Å². The van der Waals surface area contributed by atoms with E-state index in [9.17, 15) is 9.65 Å². The van der Waals surface area contributed by atoms with Gasteiger partial charge in [-0.1, -0.05) is 36.4 Å². The van der Waals surface area contributed by atoms with Crippen molar-refractivity contribution in [1.82, 2.24) is 10.2 Å². The van der Waals surface area contributed by atoms with Gasteiger partial charge < -0.3 is 4.74 Å². The Bertz CT molecular complexity index is 1040. The summed E-state index contributed by atoms with van der Waals surface area (Å²) in [5.74, 6) is -1.81. The van der Waals surface area contributed by atoms with E-state index < -0.39 is 17.7 Å². The van der Waals surface area contributed by atoms with Crippen molar-refractivity contribution in [2.75, 3.05) is 0 Å². The van der Waals surface area contributed by atoms with Gasteiger partial charge in [0, 0.05) is 5.92 Å². The van der Waals surface area contributed by atoms with Gasteiger partial charge in [-0.15, -0.1) is 5.10 Å². The SMILES string of the molecule is N#CC1C(=N)Oc2n[nH]c(-c3ccccc3)c2C1c1ccc(Br)c(F)c1. The molecule has 1 aliphatic rings. The second kappa shape index (κ2) is 6.39. The normalized spacial score (nSPS) is 18.7. The van der Waals surface area contributed by atoms with Crippen molar-refractivity contribution in [3.05, 3.63) is 69.9 Å². The van der Waals surface area contributed by atoms with Crippen LogP contribution in [0.3, 0.4) is 0 Å². The van der Waals surface area contributed by atoms with Gasteiger partial charge in [-0.2, -0.15) is 5.26 Å². The molecule has 0 amide bonds. The molecule has 2 heterocycles. The van der Waals surface area contributed by atoms with Crippen molar-refractivity contribution in [1.29, 1.82) is 10.7 Å². The molecule has 128 valence electrons. The van der Waals surface area contributed by atoms with E-state index in [4.69, 9.17) is 10.1 Å². The number of nitrogens with zero attached hydrogens (tertiary/aromatic N) is 2. The summed E-state index contributed by atoms with van der Waals surface area (Å²) in [6.07, 6.45) is 0. The highest BCUT2D eigenvalue weighted by molar-refractivity contribution is 9.10. The Hall–Kier alpha value is -2.98. The van der Waals surface area contributed by atoms with Gasteiger partial charge in [0.15, 0.2) is 0 Å². The molecule has 0 radical (unpaired) electrons. The Labute approximate surface area is 157 Å². The van der Waals surface area contributed by atoms with Crippen molar-refractivity contribution in [2.45, 2.75) is 5.92 Å². The quantitative estimate of drug-likeness (QED) is 0.645. The number of H-pyrrole nitrogens is 1. The molecule has 4 rings (SSSR count). The molecule has 3 aromatic rings. The Balaban J connectivity index is 1.95. The third-order valence-electron chi connectivity index (χ3n) is 4.41. The second-order valence-electron chi connectivity index (χ2n) is 5.91. The first-order valence-electron chi connectivity index (χ1n) is 7.84. The van der Waals surface area contributed by atoms with Crippen LogP contribution in [0.5, 0.6) is 5.88 Å².